The average Bonchev–Trinajstić information content (AvgIpc) is 2.98. The zero-order valence-corrected chi connectivity index (χ0v) is 15.0. The van der Waals surface area contributed by atoms with Crippen LogP contribution in [0.4, 0.5) is 5.69 Å². The first-order chi connectivity index (χ1) is 11.0. The Morgan fingerprint density at radius 1 is 1.30 bits per heavy atom. The van der Waals surface area contributed by atoms with Crippen molar-refractivity contribution in [3.8, 4) is 11.5 Å². The van der Waals surface area contributed by atoms with Crippen molar-refractivity contribution in [1.82, 2.24) is 0 Å². The maximum absolute atomic E-state index is 12.0. The first kappa shape index (κ1) is 16.4. The first-order valence-corrected chi connectivity index (χ1v) is 10.2. The van der Waals surface area contributed by atoms with Gasteiger partial charge in [-0.05, 0) is 17.9 Å². The minimum absolute atomic E-state index is 0.125. The standard InChI is InChI=1S/C15H20N2O4S2/c1-4-22-15-16-11-8-23(18,19)9-13(11)17(15)12-6-5-10(20-2)7-14(12)21-3/h5-7,11,13H,4,8-9H2,1-3H3/t11-,13+/m0/s1. The molecule has 1 aromatic rings. The van der Waals surface area contributed by atoms with Crippen molar-refractivity contribution >= 4 is 32.5 Å². The quantitative estimate of drug-likeness (QED) is 0.819. The number of sulfone groups is 1. The van der Waals surface area contributed by atoms with Crippen LogP contribution < -0.4 is 14.4 Å². The average molecular weight is 356 g/mol. The van der Waals surface area contributed by atoms with Crippen LogP contribution in [0.15, 0.2) is 23.2 Å². The molecule has 8 heteroatoms. The zero-order chi connectivity index (χ0) is 16.6. The molecule has 2 aliphatic rings. The van der Waals surface area contributed by atoms with E-state index in [4.69, 9.17) is 9.47 Å². The molecule has 6 nitrogen and oxygen atoms in total. The van der Waals surface area contributed by atoms with E-state index >= 15 is 0 Å². The van der Waals surface area contributed by atoms with Crippen molar-refractivity contribution in [2.75, 3.05) is 36.4 Å². The number of thioether (sulfide) groups is 1. The summed E-state index contributed by atoms with van der Waals surface area (Å²) in [5.74, 6) is 2.48. The predicted octanol–water partition coefficient (Wildman–Crippen LogP) is 1.80. The van der Waals surface area contributed by atoms with Crippen molar-refractivity contribution < 1.29 is 17.9 Å². The van der Waals surface area contributed by atoms with Crippen LogP contribution in [0.5, 0.6) is 11.5 Å². The largest absolute Gasteiger partial charge is 0.497 e. The molecule has 0 saturated carbocycles. The van der Waals surface area contributed by atoms with E-state index in [9.17, 15) is 8.42 Å². The van der Waals surface area contributed by atoms with E-state index in [2.05, 4.69) is 11.9 Å². The Morgan fingerprint density at radius 3 is 2.74 bits per heavy atom. The molecule has 1 aromatic carbocycles. The molecule has 2 aliphatic heterocycles. The smallest absolute Gasteiger partial charge is 0.164 e. The number of anilines is 1. The van der Waals surface area contributed by atoms with Crippen molar-refractivity contribution in [2.45, 2.75) is 19.0 Å². The maximum Gasteiger partial charge on any atom is 0.164 e. The van der Waals surface area contributed by atoms with Crippen LogP contribution >= 0.6 is 11.8 Å². The Kier molecular flexibility index (Phi) is 4.46. The highest BCUT2D eigenvalue weighted by molar-refractivity contribution is 8.14. The van der Waals surface area contributed by atoms with Gasteiger partial charge in [0.1, 0.15) is 11.5 Å². The Hall–Kier alpha value is -1.41. The lowest BCUT2D eigenvalue weighted by molar-refractivity contribution is 0.394. The lowest BCUT2D eigenvalue weighted by atomic mass is 10.1. The first-order valence-electron chi connectivity index (χ1n) is 7.41. The highest BCUT2D eigenvalue weighted by Gasteiger charge is 2.47. The van der Waals surface area contributed by atoms with Crippen LogP contribution in [0.2, 0.25) is 0 Å². The van der Waals surface area contributed by atoms with Crippen molar-refractivity contribution in [2.24, 2.45) is 4.99 Å². The van der Waals surface area contributed by atoms with Gasteiger partial charge in [-0.15, -0.1) is 0 Å². The predicted molar refractivity (Wildman–Crippen MR) is 93.8 cm³/mol. The number of hydrogen-bond acceptors (Lipinski definition) is 7. The Balaban J connectivity index is 2.04. The summed E-state index contributed by atoms with van der Waals surface area (Å²) in [6, 6.07) is 5.21. The fourth-order valence-corrected chi connectivity index (χ4v) is 5.71. The number of fused-ring (bicyclic) bond motifs is 1. The molecule has 23 heavy (non-hydrogen) atoms. The van der Waals surface area contributed by atoms with Crippen LogP contribution in [0.1, 0.15) is 6.92 Å². The minimum atomic E-state index is -3.04. The van der Waals surface area contributed by atoms with Gasteiger partial charge < -0.3 is 14.4 Å². The van der Waals surface area contributed by atoms with E-state index in [-0.39, 0.29) is 23.6 Å². The molecular formula is C15H20N2O4S2. The van der Waals surface area contributed by atoms with E-state index in [1.54, 1.807) is 32.0 Å². The Morgan fingerprint density at radius 2 is 2.09 bits per heavy atom. The van der Waals surface area contributed by atoms with Crippen LogP contribution in [-0.2, 0) is 9.84 Å². The van der Waals surface area contributed by atoms with Crippen molar-refractivity contribution in [3.05, 3.63) is 18.2 Å². The van der Waals surface area contributed by atoms with Gasteiger partial charge in [0.2, 0.25) is 0 Å². The number of ether oxygens (including phenoxy) is 2. The number of benzene rings is 1. The van der Waals surface area contributed by atoms with E-state index in [1.807, 2.05) is 17.0 Å². The second-order valence-corrected chi connectivity index (χ2v) is 8.85. The Bertz CT molecular complexity index is 733. The summed E-state index contributed by atoms with van der Waals surface area (Å²) in [5.41, 5.74) is 0.831. The van der Waals surface area contributed by atoms with Gasteiger partial charge in [-0.2, -0.15) is 0 Å². The SMILES string of the molecule is CCSC1=N[C@H]2CS(=O)(=O)C[C@H]2N1c1ccc(OC)cc1OC. The van der Waals surface area contributed by atoms with Crippen LogP contribution in [0.25, 0.3) is 0 Å². The highest BCUT2D eigenvalue weighted by atomic mass is 32.2. The van der Waals surface area contributed by atoms with Gasteiger partial charge in [-0.1, -0.05) is 18.7 Å². The Labute approximate surface area is 140 Å². The number of hydrogen-bond donors (Lipinski definition) is 0. The van der Waals surface area contributed by atoms with E-state index in [0.29, 0.717) is 11.5 Å². The van der Waals surface area contributed by atoms with Gasteiger partial charge in [0.15, 0.2) is 15.0 Å². The molecule has 1 saturated heterocycles. The van der Waals surface area contributed by atoms with E-state index in [1.165, 1.54) is 0 Å². The second-order valence-electron chi connectivity index (χ2n) is 5.46. The number of amidine groups is 1. The molecule has 0 spiro atoms. The van der Waals surface area contributed by atoms with Crippen molar-refractivity contribution in [1.29, 1.82) is 0 Å². The van der Waals surface area contributed by atoms with Gasteiger partial charge in [0, 0.05) is 6.07 Å². The second kappa shape index (κ2) is 6.24. The zero-order valence-electron chi connectivity index (χ0n) is 13.4. The molecule has 0 N–H and O–H groups in total. The normalized spacial score (nSPS) is 25.2. The minimum Gasteiger partial charge on any atom is -0.497 e. The lowest BCUT2D eigenvalue weighted by Crippen LogP contribution is -2.39. The van der Waals surface area contributed by atoms with Crippen LogP contribution in [0, 0.1) is 0 Å². The molecule has 0 aromatic heterocycles. The summed E-state index contributed by atoms with van der Waals surface area (Å²) < 4.78 is 34.7. The molecule has 0 amide bonds. The number of rotatable bonds is 4. The molecule has 1 fully saturated rings. The van der Waals surface area contributed by atoms with Gasteiger partial charge in [0.05, 0.1) is 43.5 Å². The summed E-state index contributed by atoms with van der Waals surface area (Å²) in [5, 5.41) is 0.862. The third-order valence-corrected chi connectivity index (χ3v) is 6.58. The monoisotopic (exact) mass is 356 g/mol. The van der Waals surface area contributed by atoms with Gasteiger partial charge >= 0.3 is 0 Å². The summed E-state index contributed by atoms with van der Waals surface area (Å²) in [6.07, 6.45) is 0. The molecule has 0 aliphatic carbocycles. The maximum atomic E-state index is 12.0. The van der Waals surface area contributed by atoms with Gasteiger partial charge in [0.25, 0.3) is 0 Å². The summed E-state index contributed by atoms with van der Waals surface area (Å²) >= 11 is 1.62. The molecule has 2 atom stereocenters. The molecule has 126 valence electrons. The fourth-order valence-electron chi connectivity index (χ4n) is 3.03. The number of aliphatic imine (C=N–C) groups is 1. The lowest BCUT2D eigenvalue weighted by Gasteiger charge is -2.28. The molecule has 0 unspecified atom stereocenters. The van der Waals surface area contributed by atoms with Crippen molar-refractivity contribution in [3.63, 3.8) is 0 Å². The van der Waals surface area contributed by atoms with Crippen LogP contribution in [-0.4, -0.2) is 57.1 Å². The summed E-state index contributed by atoms with van der Waals surface area (Å²) in [7, 11) is 0.158. The van der Waals surface area contributed by atoms with Gasteiger partial charge in [-0.25, -0.2) is 8.42 Å². The number of nitrogens with zero attached hydrogens (tertiary/aromatic N) is 2. The summed E-state index contributed by atoms with van der Waals surface area (Å²) in [4.78, 5) is 6.67. The third-order valence-electron chi connectivity index (χ3n) is 4.03. The third kappa shape index (κ3) is 3.01. The molecule has 0 bridgehead atoms. The van der Waals surface area contributed by atoms with Crippen LogP contribution in [0.3, 0.4) is 0 Å². The van der Waals surface area contributed by atoms with Gasteiger partial charge in [-0.3, -0.25) is 4.99 Å². The van der Waals surface area contributed by atoms with E-state index in [0.717, 1.165) is 16.6 Å². The highest BCUT2D eigenvalue weighted by Crippen LogP contribution is 2.40. The molecule has 2 heterocycles. The topological polar surface area (TPSA) is 68.2 Å². The molecule has 3 rings (SSSR count). The fraction of sp³-hybridized carbons (Fsp3) is 0.533. The molecular weight excluding hydrogens is 336 g/mol. The molecule has 0 radical (unpaired) electrons. The summed E-state index contributed by atoms with van der Waals surface area (Å²) in [6.45, 7) is 2.06. The van der Waals surface area contributed by atoms with E-state index < -0.39 is 9.84 Å². The number of methoxy groups -OCH3 is 2.